The topological polar surface area (TPSA) is 63.1 Å². The summed E-state index contributed by atoms with van der Waals surface area (Å²) in [5.41, 5.74) is 2.91. The van der Waals surface area contributed by atoms with E-state index in [1.807, 2.05) is 43.3 Å². The molecular formula is C23H22ClN5O. The molecule has 1 aromatic carbocycles. The molecule has 7 heteroatoms. The second kappa shape index (κ2) is 8.70. The van der Waals surface area contributed by atoms with Crippen LogP contribution in [0.4, 0.5) is 5.82 Å². The van der Waals surface area contributed by atoms with Gasteiger partial charge in [-0.3, -0.25) is 14.4 Å². The molecule has 0 bridgehead atoms. The van der Waals surface area contributed by atoms with Crippen molar-refractivity contribution in [1.82, 2.24) is 19.7 Å². The SMILES string of the molecule is CCN1CC(n2ncc(Cl)c2C(=O)Nc2ncc(C#Cc3ccccc3)cc2C)C1. The zero-order valence-electron chi connectivity index (χ0n) is 16.9. The molecule has 0 saturated carbocycles. The number of aryl methyl sites for hydroxylation is 1. The molecule has 0 aliphatic carbocycles. The number of rotatable bonds is 4. The molecule has 1 aliphatic heterocycles. The van der Waals surface area contributed by atoms with Crippen molar-refractivity contribution in [1.29, 1.82) is 0 Å². The molecule has 1 aliphatic rings. The molecule has 1 amide bonds. The second-order valence-electron chi connectivity index (χ2n) is 7.25. The molecule has 1 N–H and O–H groups in total. The Morgan fingerprint density at radius 2 is 1.93 bits per heavy atom. The van der Waals surface area contributed by atoms with Gasteiger partial charge in [0.1, 0.15) is 11.5 Å². The van der Waals surface area contributed by atoms with Crippen molar-refractivity contribution in [2.75, 3.05) is 25.0 Å². The van der Waals surface area contributed by atoms with Gasteiger partial charge in [0, 0.05) is 30.4 Å². The Morgan fingerprint density at radius 3 is 2.63 bits per heavy atom. The van der Waals surface area contributed by atoms with Gasteiger partial charge >= 0.3 is 0 Å². The lowest BCUT2D eigenvalue weighted by Crippen LogP contribution is -2.48. The Balaban J connectivity index is 1.49. The molecule has 6 nitrogen and oxygen atoms in total. The van der Waals surface area contributed by atoms with Crippen molar-refractivity contribution in [3.8, 4) is 11.8 Å². The molecule has 4 rings (SSSR count). The first kappa shape index (κ1) is 20.1. The van der Waals surface area contributed by atoms with E-state index in [9.17, 15) is 4.79 Å². The quantitative estimate of drug-likeness (QED) is 0.654. The van der Waals surface area contributed by atoms with Gasteiger partial charge in [-0.25, -0.2) is 4.98 Å². The van der Waals surface area contributed by atoms with Crippen molar-refractivity contribution in [3.63, 3.8) is 0 Å². The fourth-order valence-corrected chi connectivity index (χ4v) is 3.61. The van der Waals surface area contributed by atoms with Crippen LogP contribution in [-0.4, -0.2) is 45.2 Å². The fourth-order valence-electron chi connectivity index (χ4n) is 3.39. The van der Waals surface area contributed by atoms with Crippen LogP contribution in [0.15, 0.2) is 48.8 Å². The lowest BCUT2D eigenvalue weighted by molar-refractivity contribution is 0.0920. The molecule has 30 heavy (non-hydrogen) atoms. The van der Waals surface area contributed by atoms with Crippen LogP contribution in [0.2, 0.25) is 5.02 Å². The number of carbonyl (C=O) groups is 1. The molecule has 152 valence electrons. The number of likely N-dealkylation sites (tertiary alicyclic amines) is 1. The van der Waals surface area contributed by atoms with Crippen LogP contribution >= 0.6 is 11.6 Å². The number of nitrogens with zero attached hydrogens (tertiary/aromatic N) is 4. The summed E-state index contributed by atoms with van der Waals surface area (Å²) in [6.07, 6.45) is 3.18. The number of aromatic nitrogens is 3. The van der Waals surface area contributed by atoms with Crippen LogP contribution < -0.4 is 5.32 Å². The molecule has 3 aromatic rings. The fraction of sp³-hybridized carbons (Fsp3) is 0.261. The van der Waals surface area contributed by atoms with Crippen molar-refractivity contribution in [3.05, 3.63) is 76.2 Å². The highest BCUT2D eigenvalue weighted by Gasteiger charge is 2.31. The summed E-state index contributed by atoms with van der Waals surface area (Å²) in [6, 6.07) is 11.8. The minimum Gasteiger partial charge on any atom is -0.305 e. The normalized spacial score (nSPS) is 14.0. The first-order valence-corrected chi connectivity index (χ1v) is 10.2. The molecular weight excluding hydrogens is 398 g/mol. The summed E-state index contributed by atoms with van der Waals surface area (Å²) in [6.45, 7) is 6.71. The van der Waals surface area contributed by atoms with Gasteiger partial charge in [0.2, 0.25) is 0 Å². The zero-order valence-corrected chi connectivity index (χ0v) is 17.6. The largest absolute Gasteiger partial charge is 0.305 e. The van der Waals surface area contributed by atoms with E-state index in [1.54, 1.807) is 10.9 Å². The van der Waals surface area contributed by atoms with Gasteiger partial charge in [0.25, 0.3) is 5.91 Å². The van der Waals surface area contributed by atoms with Crippen LogP contribution in [0.3, 0.4) is 0 Å². The number of anilines is 1. The number of likely N-dealkylation sites (N-methyl/N-ethyl adjacent to an activating group) is 1. The van der Waals surface area contributed by atoms with E-state index >= 15 is 0 Å². The Morgan fingerprint density at radius 1 is 1.20 bits per heavy atom. The third-order valence-electron chi connectivity index (χ3n) is 5.13. The number of halogens is 1. The van der Waals surface area contributed by atoms with E-state index in [0.717, 1.165) is 36.3 Å². The van der Waals surface area contributed by atoms with Gasteiger partial charge in [0.15, 0.2) is 0 Å². The summed E-state index contributed by atoms with van der Waals surface area (Å²) in [5, 5.41) is 7.52. The number of benzene rings is 1. The van der Waals surface area contributed by atoms with E-state index < -0.39 is 0 Å². The number of pyridine rings is 1. The average molecular weight is 420 g/mol. The van der Waals surface area contributed by atoms with E-state index in [-0.39, 0.29) is 11.9 Å². The van der Waals surface area contributed by atoms with E-state index in [2.05, 4.69) is 39.1 Å². The molecule has 0 spiro atoms. The first-order valence-electron chi connectivity index (χ1n) is 9.85. The van der Waals surface area contributed by atoms with Crippen molar-refractivity contribution in [2.24, 2.45) is 0 Å². The van der Waals surface area contributed by atoms with Gasteiger partial charge < -0.3 is 5.32 Å². The van der Waals surface area contributed by atoms with Crippen LogP contribution in [0.25, 0.3) is 0 Å². The molecule has 1 fully saturated rings. The van der Waals surface area contributed by atoms with Gasteiger partial charge in [-0.1, -0.05) is 48.6 Å². The highest BCUT2D eigenvalue weighted by atomic mass is 35.5. The van der Waals surface area contributed by atoms with Crippen LogP contribution in [0, 0.1) is 18.8 Å². The minimum atomic E-state index is -0.314. The predicted molar refractivity (Wildman–Crippen MR) is 118 cm³/mol. The van der Waals surface area contributed by atoms with Gasteiger partial charge in [-0.15, -0.1) is 0 Å². The maximum atomic E-state index is 12.9. The minimum absolute atomic E-state index is 0.155. The van der Waals surface area contributed by atoms with Crippen molar-refractivity contribution >= 4 is 23.3 Å². The summed E-state index contributed by atoms with van der Waals surface area (Å²) in [5.74, 6) is 6.38. The second-order valence-corrected chi connectivity index (χ2v) is 7.66. The highest BCUT2D eigenvalue weighted by Crippen LogP contribution is 2.26. The van der Waals surface area contributed by atoms with Crippen LogP contribution in [-0.2, 0) is 0 Å². The molecule has 2 aromatic heterocycles. The standard InChI is InChI=1S/C23H22ClN5O/c1-3-28-14-19(15-28)29-21(20(24)13-26-29)23(30)27-22-16(2)11-18(12-25-22)10-9-17-7-5-4-6-8-17/h4-8,11-13,19H,3,14-15H2,1-2H3,(H,25,27,30). The highest BCUT2D eigenvalue weighted by molar-refractivity contribution is 6.34. The maximum absolute atomic E-state index is 12.9. The van der Waals surface area contributed by atoms with Crippen LogP contribution in [0.5, 0.6) is 0 Å². The lowest BCUT2D eigenvalue weighted by Gasteiger charge is -2.38. The average Bonchev–Trinajstić information content (AvgIpc) is 3.09. The van der Waals surface area contributed by atoms with Crippen LogP contribution in [0.1, 0.15) is 40.1 Å². The van der Waals surface area contributed by atoms with Crippen molar-refractivity contribution in [2.45, 2.75) is 19.9 Å². The van der Waals surface area contributed by atoms with Gasteiger partial charge in [-0.2, -0.15) is 5.10 Å². The van der Waals surface area contributed by atoms with E-state index in [1.165, 1.54) is 6.20 Å². The number of amides is 1. The summed E-state index contributed by atoms with van der Waals surface area (Å²) in [4.78, 5) is 19.6. The Labute approximate surface area is 180 Å². The number of nitrogens with one attached hydrogen (secondary N) is 1. The number of carbonyl (C=O) groups excluding carboxylic acids is 1. The van der Waals surface area contributed by atoms with E-state index in [0.29, 0.717) is 16.5 Å². The molecule has 1 saturated heterocycles. The summed E-state index contributed by atoms with van der Waals surface area (Å²) >= 11 is 6.27. The zero-order chi connectivity index (χ0) is 21.1. The van der Waals surface area contributed by atoms with Gasteiger partial charge in [-0.05, 0) is 37.2 Å². The number of hydrogen-bond acceptors (Lipinski definition) is 4. The Hall–Kier alpha value is -3.14. The summed E-state index contributed by atoms with van der Waals surface area (Å²) in [7, 11) is 0. The maximum Gasteiger partial charge on any atom is 0.276 e. The lowest BCUT2D eigenvalue weighted by atomic mass is 10.1. The molecule has 0 atom stereocenters. The van der Waals surface area contributed by atoms with Gasteiger partial charge in [0.05, 0.1) is 17.3 Å². The third-order valence-corrected chi connectivity index (χ3v) is 5.41. The first-order chi connectivity index (χ1) is 14.5. The predicted octanol–water partition coefficient (Wildman–Crippen LogP) is 3.77. The number of hydrogen-bond donors (Lipinski definition) is 1. The summed E-state index contributed by atoms with van der Waals surface area (Å²) < 4.78 is 1.72. The Bertz CT molecular complexity index is 1120. The monoisotopic (exact) mass is 419 g/mol. The molecule has 0 unspecified atom stereocenters. The van der Waals surface area contributed by atoms with Crippen molar-refractivity contribution < 1.29 is 4.79 Å². The van der Waals surface area contributed by atoms with E-state index in [4.69, 9.17) is 11.6 Å². The Kier molecular flexibility index (Phi) is 5.84. The molecule has 0 radical (unpaired) electrons. The third kappa shape index (κ3) is 4.23. The molecule has 3 heterocycles. The smallest absolute Gasteiger partial charge is 0.276 e.